The summed E-state index contributed by atoms with van der Waals surface area (Å²) in [5.41, 5.74) is 2.69. The Morgan fingerprint density at radius 2 is 1.19 bits per heavy atom. The van der Waals surface area contributed by atoms with Gasteiger partial charge in [0, 0.05) is 18.0 Å². The SMILES string of the molecule is O=C(c1ccncc1)C(c1ccccc1)c1ccccc1. The maximum atomic E-state index is 12.9. The Kier molecular flexibility index (Phi) is 3.88. The summed E-state index contributed by atoms with van der Waals surface area (Å²) in [6.07, 6.45) is 3.31. The Balaban J connectivity index is 2.07. The summed E-state index contributed by atoms with van der Waals surface area (Å²) in [5.74, 6) is -0.190. The average molecular weight is 273 g/mol. The third-order valence-electron chi connectivity index (χ3n) is 3.49. The van der Waals surface area contributed by atoms with Crippen LogP contribution in [-0.2, 0) is 0 Å². The quantitative estimate of drug-likeness (QED) is 0.670. The van der Waals surface area contributed by atoms with Crippen molar-refractivity contribution in [3.8, 4) is 0 Å². The topological polar surface area (TPSA) is 30.0 Å². The van der Waals surface area contributed by atoms with Crippen molar-refractivity contribution in [3.05, 3.63) is 102 Å². The lowest BCUT2D eigenvalue weighted by Gasteiger charge is -2.17. The van der Waals surface area contributed by atoms with Gasteiger partial charge in [0.25, 0.3) is 0 Å². The monoisotopic (exact) mass is 273 g/mol. The molecule has 1 heterocycles. The summed E-state index contributed by atoms with van der Waals surface area (Å²) in [5, 5.41) is 0. The lowest BCUT2D eigenvalue weighted by atomic mass is 9.85. The molecule has 102 valence electrons. The molecule has 0 radical (unpaired) electrons. The van der Waals surface area contributed by atoms with Crippen molar-refractivity contribution < 1.29 is 4.79 Å². The summed E-state index contributed by atoms with van der Waals surface area (Å²) < 4.78 is 0. The van der Waals surface area contributed by atoms with Crippen molar-refractivity contribution in [1.82, 2.24) is 4.98 Å². The van der Waals surface area contributed by atoms with Gasteiger partial charge in [0.2, 0.25) is 0 Å². The molecule has 0 aliphatic heterocycles. The number of nitrogens with zero attached hydrogens (tertiary/aromatic N) is 1. The van der Waals surface area contributed by atoms with Crippen LogP contribution in [0.15, 0.2) is 85.2 Å². The predicted octanol–water partition coefficient (Wildman–Crippen LogP) is 4.10. The summed E-state index contributed by atoms with van der Waals surface area (Å²) in [4.78, 5) is 16.9. The van der Waals surface area contributed by atoms with E-state index in [4.69, 9.17) is 0 Å². The van der Waals surface area contributed by atoms with E-state index in [0.717, 1.165) is 11.1 Å². The van der Waals surface area contributed by atoms with Crippen molar-refractivity contribution in [3.63, 3.8) is 0 Å². The van der Waals surface area contributed by atoms with Gasteiger partial charge in [-0.1, -0.05) is 60.7 Å². The van der Waals surface area contributed by atoms with Crippen LogP contribution in [0, 0.1) is 0 Å². The smallest absolute Gasteiger partial charge is 0.174 e. The van der Waals surface area contributed by atoms with Crippen LogP contribution in [0.3, 0.4) is 0 Å². The van der Waals surface area contributed by atoms with Crippen molar-refractivity contribution in [2.24, 2.45) is 0 Å². The highest BCUT2D eigenvalue weighted by Crippen LogP contribution is 2.28. The molecular weight excluding hydrogens is 258 g/mol. The van der Waals surface area contributed by atoms with Crippen molar-refractivity contribution in [2.75, 3.05) is 0 Å². The van der Waals surface area contributed by atoms with Crippen LogP contribution >= 0.6 is 0 Å². The maximum absolute atomic E-state index is 12.9. The summed E-state index contributed by atoms with van der Waals surface area (Å²) in [7, 11) is 0. The number of pyridine rings is 1. The molecule has 0 N–H and O–H groups in total. The van der Waals surface area contributed by atoms with Crippen molar-refractivity contribution >= 4 is 5.78 Å². The van der Waals surface area contributed by atoms with Crippen molar-refractivity contribution in [2.45, 2.75) is 5.92 Å². The summed E-state index contributed by atoms with van der Waals surface area (Å²) >= 11 is 0. The van der Waals surface area contributed by atoms with Gasteiger partial charge in [0.05, 0.1) is 5.92 Å². The second-order valence-corrected chi connectivity index (χ2v) is 4.85. The maximum Gasteiger partial charge on any atom is 0.174 e. The van der Waals surface area contributed by atoms with E-state index in [1.807, 2.05) is 60.7 Å². The minimum absolute atomic E-state index is 0.0924. The number of hydrogen-bond donors (Lipinski definition) is 0. The molecule has 0 saturated heterocycles. The molecule has 3 aromatic rings. The first-order chi connectivity index (χ1) is 10.4. The van der Waals surface area contributed by atoms with Crippen LogP contribution in [0.5, 0.6) is 0 Å². The average Bonchev–Trinajstić information content (AvgIpc) is 2.58. The zero-order valence-corrected chi connectivity index (χ0v) is 11.5. The van der Waals surface area contributed by atoms with Gasteiger partial charge in [-0.2, -0.15) is 0 Å². The predicted molar refractivity (Wildman–Crippen MR) is 83.3 cm³/mol. The normalized spacial score (nSPS) is 10.5. The van der Waals surface area contributed by atoms with E-state index in [2.05, 4.69) is 4.98 Å². The number of Topliss-reactive ketones (excluding diaryl/α,β-unsaturated/α-hetero) is 1. The molecule has 0 bridgehead atoms. The minimum atomic E-state index is -0.283. The third-order valence-corrected chi connectivity index (χ3v) is 3.49. The van der Waals surface area contributed by atoms with Gasteiger partial charge in [0.15, 0.2) is 5.78 Å². The van der Waals surface area contributed by atoms with E-state index < -0.39 is 0 Å². The Labute approximate surface area is 124 Å². The lowest BCUT2D eigenvalue weighted by Crippen LogP contribution is -2.14. The molecular formula is C19H15NO. The molecule has 2 nitrogen and oxygen atoms in total. The molecule has 0 amide bonds. The molecule has 2 aromatic carbocycles. The molecule has 0 atom stereocenters. The van der Waals surface area contributed by atoms with Crippen LogP contribution in [0.4, 0.5) is 0 Å². The Bertz CT molecular complexity index is 669. The molecule has 0 saturated carbocycles. The lowest BCUT2D eigenvalue weighted by molar-refractivity contribution is 0.0974. The van der Waals surface area contributed by atoms with E-state index in [-0.39, 0.29) is 11.7 Å². The fourth-order valence-electron chi connectivity index (χ4n) is 2.47. The highest BCUT2D eigenvalue weighted by molar-refractivity contribution is 6.02. The second kappa shape index (κ2) is 6.14. The minimum Gasteiger partial charge on any atom is -0.293 e. The second-order valence-electron chi connectivity index (χ2n) is 4.85. The number of ketones is 1. The molecule has 0 fully saturated rings. The van der Waals surface area contributed by atoms with Gasteiger partial charge < -0.3 is 0 Å². The van der Waals surface area contributed by atoms with Crippen LogP contribution in [0.2, 0.25) is 0 Å². The number of carbonyl (C=O) groups excluding carboxylic acids is 1. The molecule has 2 heteroatoms. The molecule has 0 aliphatic rings. The largest absolute Gasteiger partial charge is 0.293 e. The molecule has 0 aliphatic carbocycles. The van der Waals surface area contributed by atoms with Gasteiger partial charge in [-0.3, -0.25) is 9.78 Å². The van der Waals surface area contributed by atoms with Crippen LogP contribution in [0.25, 0.3) is 0 Å². The van der Waals surface area contributed by atoms with Gasteiger partial charge in [-0.05, 0) is 23.3 Å². The highest BCUT2D eigenvalue weighted by atomic mass is 16.1. The zero-order chi connectivity index (χ0) is 14.5. The van der Waals surface area contributed by atoms with E-state index in [9.17, 15) is 4.79 Å². The molecule has 21 heavy (non-hydrogen) atoms. The van der Waals surface area contributed by atoms with Gasteiger partial charge in [-0.25, -0.2) is 0 Å². The van der Waals surface area contributed by atoms with Crippen LogP contribution in [-0.4, -0.2) is 10.8 Å². The first-order valence-electron chi connectivity index (χ1n) is 6.90. The van der Waals surface area contributed by atoms with Gasteiger partial charge in [-0.15, -0.1) is 0 Å². The first kappa shape index (κ1) is 13.3. The van der Waals surface area contributed by atoms with E-state index in [0.29, 0.717) is 5.56 Å². The number of rotatable bonds is 4. The van der Waals surface area contributed by atoms with Crippen LogP contribution in [0.1, 0.15) is 27.4 Å². The number of carbonyl (C=O) groups is 1. The van der Waals surface area contributed by atoms with E-state index in [1.54, 1.807) is 24.5 Å². The van der Waals surface area contributed by atoms with Gasteiger partial charge >= 0.3 is 0 Å². The van der Waals surface area contributed by atoms with Crippen LogP contribution < -0.4 is 0 Å². The fourth-order valence-corrected chi connectivity index (χ4v) is 2.47. The molecule has 0 unspecified atom stereocenters. The number of hydrogen-bond acceptors (Lipinski definition) is 2. The fraction of sp³-hybridized carbons (Fsp3) is 0.0526. The standard InChI is InChI=1S/C19H15NO/c21-19(17-11-13-20-14-12-17)18(15-7-3-1-4-8-15)16-9-5-2-6-10-16/h1-14,18H. The van der Waals surface area contributed by atoms with E-state index >= 15 is 0 Å². The van der Waals surface area contributed by atoms with Gasteiger partial charge in [0.1, 0.15) is 0 Å². The first-order valence-corrected chi connectivity index (χ1v) is 6.90. The zero-order valence-electron chi connectivity index (χ0n) is 11.5. The van der Waals surface area contributed by atoms with Crippen molar-refractivity contribution in [1.29, 1.82) is 0 Å². The Morgan fingerprint density at radius 1 is 0.714 bits per heavy atom. The summed E-state index contributed by atoms with van der Waals surface area (Å²) in [6, 6.07) is 23.3. The van der Waals surface area contributed by atoms with E-state index in [1.165, 1.54) is 0 Å². The number of aromatic nitrogens is 1. The number of benzene rings is 2. The molecule has 3 rings (SSSR count). The highest BCUT2D eigenvalue weighted by Gasteiger charge is 2.23. The third kappa shape index (κ3) is 2.90. The molecule has 1 aromatic heterocycles. The molecule has 0 spiro atoms. The Hall–Kier alpha value is -2.74. The summed E-state index contributed by atoms with van der Waals surface area (Å²) in [6.45, 7) is 0. The Morgan fingerprint density at radius 3 is 1.67 bits per heavy atom.